The fraction of sp³-hybridized carbons (Fsp3) is 0.462. The predicted octanol–water partition coefficient (Wildman–Crippen LogP) is -0.232. The van der Waals surface area contributed by atoms with Crippen molar-refractivity contribution in [1.82, 2.24) is 19.5 Å². The van der Waals surface area contributed by atoms with Crippen LogP contribution in [0, 0.1) is 18.3 Å². The van der Waals surface area contributed by atoms with Crippen molar-refractivity contribution in [2.45, 2.75) is 29.8 Å². The first-order chi connectivity index (χ1) is 15.0. The Hall–Kier alpha value is -1.79. The van der Waals surface area contributed by atoms with Gasteiger partial charge in [0, 0.05) is 5.92 Å². The molecule has 0 amide bonds. The highest BCUT2D eigenvalue weighted by Gasteiger charge is 2.84. The number of phosphoric ester groups is 1. The van der Waals surface area contributed by atoms with E-state index in [1.807, 2.05) is 5.92 Å². The molecule has 7 atom stereocenters. The molecule has 2 saturated carbocycles. The monoisotopic (exact) mass is 529 g/mol. The van der Waals surface area contributed by atoms with E-state index in [4.69, 9.17) is 21.9 Å². The summed E-state index contributed by atoms with van der Waals surface area (Å²) in [5.41, 5.74) is 0.526. The van der Waals surface area contributed by atoms with Crippen molar-refractivity contribution < 1.29 is 55.9 Å². The maximum absolute atomic E-state index is 16.0. The van der Waals surface area contributed by atoms with E-state index in [1.165, 1.54) is 10.9 Å². The van der Waals surface area contributed by atoms with Crippen molar-refractivity contribution in [3.05, 3.63) is 12.7 Å². The van der Waals surface area contributed by atoms with E-state index in [1.54, 1.807) is 0 Å². The summed E-state index contributed by atoms with van der Waals surface area (Å²) in [6.45, 7) is 0. The first-order valence-electron chi connectivity index (χ1n) is 8.69. The second-order valence-corrected chi connectivity index (χ2v) is 11.6. The van der Waals surface area contributed by atoms with Crippen LogP contribution in [-0.4, -0.2) is 61.6 Å². The lowest BCUT2D eigenvalue weighted by Crippen LogP contribution is -2.46. The van der Waals surface area contributed by atoms with Crippen molar-refractivity contribution in [2.75, 3.05) is 5.73 Å². The summed E-state index contributed by atoms with van der Waals surface area (Å²) >= 11 is 0. The average molecular weight is 529 g/mol. The van der Waals surface area contributed by atoms with E-state index in [9.17, 15) is 28.6 Å². The number of hydrogen-bond acceptors (Lipinski definition) is 11. The zero-order valence-corrected chi connectivity index (χ0v) is 18.6. The van der Waals surface area contributed by atoms with Gasteiger partial charge in [-0.1, -0.05) is 5.92 Å². The zero-order chi connectivity index (χ0) is 24.6. The molecule has 20 heteroatoms. The van der Waals surface area contributed by atoms with E-state index < -0.39 is 52.8 Å². The molecule has 0 radical (unpaired) electrons. The molecule has 180 valence electrons. The third-order valence-electron chi connectivity index (χ3n) is 5.37. The number of aliphatic hydroxyl groups is 1. The summed E-state index contributed by atoms with van der Waals surface area (Å²) in [4.78, 5) is 47.8. The van der Waals surface area contributed by atoms with Gasteiger partial charge in [0.1, 0.15) is 23.5 Å². The third kappa shape index (κ3) is 3.93. The summed E-state index contributed by atoms with van der Waals surface area (Å²) in [6.07, 6.45) is 5.60. The minimum absolute atomic E-state index is 0.0105. The molecule has 3 unspecified atom stereocenters. The summed E-state index contributed by atoms with van der Waals surface area (Å²) in [7, 11) is -17.0. The second kappa shape index (κ2) is 7.35. The van der Waals surface area contributed by atoms with Crippen LogP contribution in [0.3, 0.4) is 0 Å². The van der Waals surface area contributed by atoms with Gasteiger partial charge >= 0.3 is 23.5 Å². The Morgan fingerprint density at radius 1 is 1.18 bits per heavy atom. The summed E-state index contributed by atoms with van der Waals surface area (Å²) in [6, 6.07) is -1.27. The standard InChI is InChI=1S/C13H15FN5O11P3/c1-2-12(14)7(19-5-18-8-10(15)16-4-17-11(8)19)3-6-9(13(6,12)20)28-32(24,25)30-33(26,27)29-31(21,22)23/h1,4-7,9,20H,3H2,(H,24,25)(H,26,27)(H2,15,16,17)(H2,21,22,23)/t6-,7-,9?,12+,13+/m1/s1. The number of terminal acetylenes is 1. The van der Waals surface area contributed by atoms with Crippen LogP contribution in [0.1, 0.15) is 12.5 Å². The lowest BCUT2D eigenvalue weighted by molar-refractivity contribution is -0.0343. The maximum Gasteiger partial charge on any atom is 0.490 e. The summed E-state index contributed by atoms with van der Waals surface area (Å²) in [5, 5.41) is 10.9. The molecule has 2 heterocycles. The van der Waals surface area contributed by atoms with Crippen molar-refractivity contribution >= 4 is 40.4 Å². The van der Waals surface area contributed by atoms with Gasteiger partial charge in [0.25, 0.3) is 0 Å². The second-order valence-electron chi connectivity index (χ2n) is 7.24. The number of phosphoric acid groups is 3. The Balaban J connectivity index is 1.58. The Kier molecular flexibility index (Phi) is 5.42. The van der Waals surface area contributed by atoms with E-state index in [0.29, 0.717) is 0 Å². The molecule has 0 spiro atoms. The molecule has 0 aromatic carbocycles. The number of nitrogen functional groups attached to an aromatic ring is 1. The van der Waals surface area contributed by atoms with Gasteiger partial charge in [-0.15, -0.1) is 6.42 Å². The van der Waals surface area contributed by atoms with Crippen molar-refractivity contribution in [1.29, 1.82) is 0 Å². The molecule has 0 bridgehead atoms. The molecule has 16 nitrogen and oxygen atoms in total. The van der Waals surface area contributed by atoms with Crippen LogP contribution >= 0.6 is 23.5 Å². The van der Waals surface area contributed by atoms with Gasteiger partial charge in [0.05, 0.1) is 12.4 Å². The number of aromatic nitrogens is 4. The van der Waals surface area contributed by atoms with Gasteiger partial charge in [-0.05, 0) is 6.42 Å². The van der Waals surface area contributed by atoms with Crippen molar-refractivity contribution in [3.8, 4) is 12.3 Å². The molecule has 2 aliphatic rings. The molecule has 2 fully saturated rings. The van der Waals surface area contributed by atoms with Gasteiger partial charge < -0.3 is 35.0 Å². The topological polar surface area (TPSA) is 250 Å². The molecule has 7 N–H and O–H groups in total. The lowest BCUT2D eigenvalue weighted by atomic mass is 9.92. The smallest absolute Gasteiger partial charge is 0.382 e. The van der Waals surface area contributed by atoms with E-state index in [0.717, 1.165) is 6.33 Å². The van der Waals surface area contributed by atoms with Crippen LogP contribution in [0.5, 0.6) is 0 Å². The fourth-order valence-corrected chi connectivity index (χ4v) is 7.33. The Labute approximate surface area is 183 Å². The minimum Gasteiger partial charge on any atom is -0.382 e. The number of halogens is 1. The highest BCUT2D eigenvalue weighted by molar-refractivity contribution is 7.66. The molecule has 0 saturated heterocycles. The van der Waals surface area contributed by atoms with Gasteiger partial charge in [-0.3, -0.25) is 4.52 Å². The van der Waals surface area contributed by atoms with Gasteiger partial charge in [0.2, 0.25) is 5.67 Å². The van der Waals surface area contributed by atoms with Crippen molar-refractivity contribution in [3.63, 3.8) is 0 Å². The number of nitrogens with zero attached hydrogens (tertiary/aromatic N) is 4. The molecular weight excluding hydrogens is 514 g/mol. The van der Waals surface area contributed by atoms with Crippen LogP contribution in [0.25, 0.3) is 11.2 Å². The number of anilines is 1. The summed E-state index contributed by atoms with van der Waals surface area (Å²) in [5.74, 6) is 0.642. The Morgan fingerprint density at radius 2 is 1.85 bits per heavy atom. The fourth-order valence-electron chi connectivity index (χ4n) is 4.07. The molecule has 0 aliphatic heterocycles. The van der Waals surface area contributed by atoms with Gasteiger partial charge in [0.15, 0.2) is 11.5 Å². The quantitative estimate of drug-likeness (QED) is 0.200. The largest absolute Gasteiger partial charge is 0.490 e. The number of rotatable bonds is 7. The normalized spacial score (nSPS) is 34.9. The zero-order valence-electron chi connectivity index (χ0n) is 15.9. The predicted molar refractivity (Wildman–Crippen MR) is 103 cm³/mol. The van der Waals surface area contributed by atoms with E-state index in [2.05, 4.69) is 28.1 Å². The summed E-state index contributed by atoms with van der Waals surface area (Å²) < 4.78 is 63.3. The molecule has 4 rings (SSSR count). The average Bonchev–Trinajstić information content (AvgIpc) is 2.96. The van der Waals surface area contributed by atoms with E-state index >= 15 is 4.39 Å². The SMILES string of the molecule is C#C[C@]1(F)[C@H](n2cnc3c(N)ncnc32)C[C@@H]2C(OP(=O)(O)OP(=O)(O)OP(=O)(O)O)[C@@]21O. The first-order valence-corrected chi connectivity index (χ1v) is 13.2. The number of nitrogens with two attached hydrogens (primary N) is 1. The number of hydrogen-bond donors (Lipinski definition) is 6. The number of fused-ring (bicyclic) bond motifs is 2. The van der Waals surface area contributed by atoms with Gasteiger partial charge in [-0.25, -0.2) is 33.0 Å². The third-order valence-corrected chi connectivity index (χ3v) is 9.19. The van der Waals surface area contributed by atoms with Crippen LogP contribution in [0.15, 0.2) is 12.7 Å². The molecule has 2 aliphatic carbocycles. The van der Waals surface area contributed by atoms with Gasteiger partial charge in [-0.2, -0.15) is 8.62 Å². The van der Waals surface area contributed by atoms with E-state index in [-0.39, 0.29) is 23.4 Å². The first kappa shape index (κ1) is 24.3. The molecule has 2 aromatic rings. The molecule has 33 heavy (non-hydrogen) atoms. The molecular formula is C13H15FN5O11P3. The van der Waals surface area contributed by atoms with Crippen LogP contribution in [-0.2, 0) is 26.8 Å². The van der Waals surface area contributed by atoms with Crippen LogP contribution < -0.4 is 5.73 Å². The Bertz CT molecular complexity index is 1330. The van der Waals surface area contributed by atoms with Crippen LogP contribution in [0.2, 0.25) is 0 Å². The lowest BCUT2D eigenvalue weighted by Gasteiger charge is -2.31. The highest BCUT2D eigenvalue weighted by Crippen LogP contribution is 2.73. The highest BCUT2D eigenvalue weighted by atomic mass is 31.3. The number of alkyl halides is 1. The Morgan fingerprint density at radius 3 is 2.45 bits per heavy atom. The van der Waals surface area contributed by atoms with Crippen LogP contribution in [0.4, 0.5) is 10.2 Å². The number of imidazole rings is 1. The molecule has 2 aromatic heterocycles. The maximum atomic E-state index is 16.0. The van der Waals surface area contributed by atoms with Crippen molar-refractivity contribution in [2.24, 2.45) is 5.92 Å². The minimum atomic E-state index is -5.79.